The Morgan fingerprint density at radius 3 is 1.98 bits per heavy atom. The van der Waals surface area contributed by atoms with Crippen molar-refractivity contribution < 1.29 is 26.4 Å². The number of amides is 2. The summed E-state index contributed by atoms with van der Waals surface area (Å²) in [6.45, 7) is 10.2. The minimum atomic E-state index is -3.56. The van der Waals surface area contributed by atoms with Crippen molar-refractivity contribution in [2.24, 2.45) is 4.99 Å². The number of carbonyl (C=O) groups is 1. The molecule has 2 amide bonds. The molecule has 2 atom stereocenters. The predicted octanol–water partition coefficient (Wildman–Crippen LogP) is 6.25. The fourth-order valence-corrected chi connectivity index (χ4v) is 8.55. The van der Waals surface area contributed by atoms with Gasteiger partial charge in [-0.1, -0.05) is 54.4 Å². The van der Waals surface area contributed by atoms with E-state index in [1.807, 2.05) is 45.0 Å². The number of rotatable bonds is 11. The minimum Gasteiger partial charge on any atom is -0.493 e. The number of carbonyl (C=O) groups excluding carboxylic acids is 1. The van der Waals surface area contributed by atoms with E-state index in [1.54, 1.807) is 47.1 Å². The van der Waals surface area contributed by atoms with Crippen molar-refractivity contribution in [3.05, 3.63) is 93.5 Å². The topological polar surface area (TPSA) is 117 Å². The normalized spacial score (nSPS) is 21.7. The fourth-order valence-electron chi connectivity index (χ4n) is 6.74. The first kappa shape index (κ1) is 38.1. The number of halogens is 2. The van der Waals surface area contributed by atoms with Gasteiger partial charge in [0.1, 0.15) is 32.5 Å². The molecule has 3 aromatic rings. The van der Waals surface area contributed by atoms with Gasteiger partial charge in [0.25, 0.3) is 0 Å². The summed E-state index contributed by atoms with van der Waals surface area (Å²) in [6.07, 6.45) is 1.76. The van der Waals surface area contributed by atoms with Crippen molar-refractivity contribution >= 4 is 54.7 Å². The van der Waals surface area contributed by atoms with Gasteiger partial charge in [0.2, 0.25) is 0 Å². The number of ether oxygens (including phenoxy) is 1. The molecule has 2 aliphatic heterocycles. The summed E-state index contributed by atoms with van der Waals surface area (Å²) in [5.41, 5.74) is -0.114. The predicted molar refractivity (Wildman–Crippen MR) is 199 cm³/mol. The van der Waals surface area contributed by atoms with Crippen LogP contribution < -0.4 is 4.74 Å². The number of urea groups is 1. The van der Waals surface area contributed by atoms with Gasteiger partial charge in [0.05, 0.1) is 28.6 Å². The van der Waals surface area contributed by atoms with E-state index < -0.39 is 30.8 Å². The van der Waals surface area contributed by atoms with Gasteiger partial charge in [-0.2, -0.15) is 0 Å². The van der Waals surface area contributed by atoms with Crippen molar-refractivity contribution in [2.75, 3.05) is 57.1 Å². The number of piperazine rings is 1. The Bertz CT molecular complexity index is 1970. The molecular formula is C36H44Cl2N4O6S2. The fraction of sp³-hybridized carbons (Fsp3) is 0.444. The first-order chi connectivity index (χ1) is 23.5. The highest BCUT2D eigenvalue weighted by Crippen LogP contribution is 2.54. The lowest BCUT2D eigenvalue weighted by Crippen LogP contribution is -2.60. The Morgan fingerprint density at radius 1 is 0.860 bits per heavy atom. The molecule has 3 aromatic carbocycles. The first-order valence-electron chi connectivity index (χ1n) is 16.6. The average molecular weight is 764 g/mol. The van der Waals surface area contributed by atoms with Crippen molar-refractivity contribution in [2.45, 2.75) is 50.1 Å². The molecule has 0 radical (unpaired) electrons. The number of sulfone groups is 2. The summed E-state index contributed by atoms with van der Waals surface area (Å²) in [5, 5.41) is 1.10. The zero-order chi connectivity index (χ0) is 36.5. The van der Waals surface area contributed by atoms with Crippen LogP contribution in [0.2, 0.25) is 10.0 Å². The van der Waals surface area contributed by atoms with Gasteiger partial charge in [-0.3, -0.25) is 14.8 Å². The lowest BCUT2D eigenvalue weighted by atomic mass is 9.71. The van der Waals surface area contributed by atoms with Gasteiger partial charge in [0, 0.05) is 42.5 Å². The van der Waals surface area contributed by atoms with Crippen molar-refractivity contribution in [3.8, 4) is 5.75 Å². The van der Waals surface area contributed by atoms with E-state index in [2.05, 4.69) is 4.90 Å². The molecule has 1 fully saturated rings. The summed E-state index contributed by atoms with van der Waals surface area (Å²) in [6, 6.07) is 19.2. The van der Waals surface area contributed by atoms with Gasteiger partial charge >= 0.3 is 6.03 Å². The van der Waals surface area contributed by atoms with Crippen molar-refractivity contribution in [3.63, 3.8) is 0 Å². The van der Waals surface area contributed by atoms with E-state index in [-0.39, 0.29) is 29.0 Å². The van der Waals surface area contributed by atoms with E-state index in [9.17, 15) is 16.8 Å². The molecule has 0 aromatic heterocycles. The number of aliphatic imine (C=N–C) groups is 1. The molecule has 5 rings (SSSR count). The van der Waals surface area contributed by atoms with Crippen LogP contribution in [0.1, 0.15) is 50.8 Å². The monoisotopic (exact) mass is 762 g/mol. The Kier molecular flexibility index (Phi) is 11.3. The number of amidine groups is 1. The highest BCUT2D eigenvalue weighted by molar-refractivity contribution is 7.91. The summed E-state index contributed by atoms with van der Waals surface area (Å²) in [5.74, 6) is 0.674. The Morgan fingerprint density at radius 2 is 1.44 bits per heavy atom. The molecule has 0 N–H and O–H groups in total. The molecule has 14 heteroatoms. The maximum absolute atomic E-state index is 15.1. The number of hydrogen-bond donors (Lipinski definition) is 0. The van der Waals surface area contributed by atoms with Gasteiger partial charge in [0.15, 0.2) is 9.84 Å². The Hall–Kier alpha value is -3.16. The highest BCUT2D eigenvalue weighted by atomic mass is 35.5. The highest BCUT2D eigenvalue weighted by Gasteiger charge is 2.60. The molecule has 1 saturated heterocycles. The largest absolute Gasteiger partial charge is 0.493 e. The van der Waals surface area contributed by atoms with E-state index in [4.69, 9.17) is 32.9 Å². The van der Waals surface area contributed by atoms with Crippen LogP contribution >= 0.6 is 23.2 Å². The maximum Gasteiger partial charge on any atom is 0.326 e. The molecular weight excluding hydrogens is 719 g/mol. The third-order valence-corrected chi connectivity index (χ3v) is 13.1. The standard InChI is InChI=1S/C36H44Cl2N4O6S2/c1-6-48-32-25-30(50(46,47)7-2)17-18-31(32)33-39-35(3,26-9-13-28(37)14-10-26)36(4,27-11-15-29(38)16-12-27)42(33)34(43)41-22-20-40(21-23-41)19-8-24-49(5,44)45/h9-18,25H,6-8,19-24H2,1-5H3. The zero-order valence-corrected chi connectivity index (χ0v) is 32.2. The van der Waals surface area contributed by atoms with Crippen LogP contribution in [0.15, 0.2) is 76.6 Å². The van der Waals surface area contributed by atoms with Crippen LogP contribution in [0.5, 0.6) is 5.75 Å². The van der Waals surface area contributed by atoms with Crippen LogP contribution in [0.4, 0.5) is 4.79 Å². The Labute approximate surface area is 305 Å². The summed E-state index contributed by atoms with van der Waals surface area (Å²) in [4.78, 5) is 26.3. The molecule has 270 valence electrons. The molecule has 2 unspecified atom stereocenters. The second kappa shape index (κ2) is 14.8. The lowest BCUT2D eigenvalue weighted by Gasteiger charge is -2.47. The van der Waals surface area contributed by atoms with Crippen molar-refractivity contribution in [1.82, 2.24) is 14.7 Å². The number of hydrogen-bond acceptors (Lipinski definition) is 8. The minimum absolute atomic E-state index is 0.0764. The SMILES string of the molecule is CCOc1cc(S(=O)(=O)CC)ccc1C1=NC(C)(c2ccc(Cl)cc2)C(C)(c2ccc(Cl)cc2)N1C(=O)N1CCN(CCCS(C)(=O)=O)CC1. The van der Waals surface area contributed by atoms with Gasteiger partial charge < -0.3 is 9.64 Å². The lowest BCUT2D eigenvalue weighted by molar-refractivity contribution is 0.0868. The number of benzene rings is 3. The summed E-state index contributed by atoms with van der Waals surface area (Å²) >= 11 is 12.7. The van der Waals surface area contributed by atoms with Crippen LogP contribution in [0, 0.1) is 0 Å². The van der Waals surface area contributed by atoms with Crippen LogP contribution in [-0.4, -0.2) is 100 Å². The second-order valence-corrected chi connectivity index (χ2v) is 18.4. The maximum atomic E-state index is 15.1. The molecule has 0 saturated carbocycles. The van der Waals surface area contributed by atoms with Crippen LogP contribution in [0.3, 0.4) is 0 Å². The molecule has 0 spiro atoms. The van der Waals surface area contributed by atoms with E-state index in [1.165, 1.54) is 18.4 Å². The molecule has 2 aliphatic rings. The summed E-state index contributed by atoms with van der Waals surface area (Å²) in [7, 11) is -6.62. The quantitative estimate of drug-likeness (QED) is 0.227. The van der Waals surface area contributed by atoms with E-state index in [0.717, 1.165) is 11.1 Å². The Balaban J connectivity index is 1.66. The van der Waals surface area contributed by atoms with Crippen LogP contribution in [-0.2, 0) is 30.8 Å². The molecule has 10 nitrogen and oxygen atoms in total. The van der Waals surface area contributed by atoms with Gasteiger partial charge in [-0.25, -0.2) is 21.6 Å². The third kappa shape index (κ3) is 7.55. The van der Waals surface area contributed by atoms with Crippen LogP contribution in [0.25, 0.3) is 0 Å². The smallest absolute Gasteiger partial charge is 0.326 e. The number of nitrogens with zero attached hydrogens (tertiary/aromatic N) is 4. The van der Waals surface area contributed by atoms with E-state index >= 15 is 4.79 Å². The molecule has 50 heavy (non-hydrogen) atoms. The third-order valence-electron chi connectivity index (χ3n) is 9.81. The molecule has 2 heterocycles. The van der Waals surface area contributed by atoms with E-state index in [0.29, 0.717) is 66.3 Å². The first-order valence-corrected chi connectivity index (χ1v) is 21.1. The zero-order valence-electron chi connectivity index (χ0n) is 29.0. The molecule has 0 bridgehead atoms. The van der Waals surface area contributed by atoms with Gasteiger partial charge in [-0.15, -0.1) is 0 Å². The molecule has 0 aliphatic carbocycles. The second-order valence-electron chi connectivity index (χ2n) is 13.0. The van der Waals surface area contributed by atoms with Gasteiger partial charge in [-0.05, 0) is 87.3 Å². The van der Waals surface area contributed by atoms with Crippen molar-refractivity contribution in [1.29, 1.82) is 0 Å². The summed E-state index contributed by atoms with van der Waals surface area (Å²) < 4.78 is 55.3. The average Bonchev–Trinajstić information content (AvgIpc) is 3.32.